The lowest BCUT2D eigenvalue weighted by Gasteiger charge is -2.12. The minimum absolute atomic E-state index is 0.0292. The third-order valence-electron chi connectivity index (χ3n) is 3.63. The molecule has 0 unspecified atom stereocenters. The molecular formula is C17H24ClN5O. The van der Waals surface area contributed by atoms with Crippen molar-refractivity contribution in [3.63, 3.8) is 0 Å². The first-order valence-electron chi connectivity index (χ1n) is 7.99. The molecule has 0 aliphatic rings. The first-order chi connectivity index (χ1) is 11.5. The maximum Gasteiger partial charge on any atom is 0.243 e. The number of hydrogen-bond donors (Lipinski definition) is 3. The highest BCUT2D eigenvalue weighted by Gasteiger charge is 2.06. The molecule has 6 nitrogen and oxygen atoms in total. The van der Waals surface area contributed by atoms with E-state index in [1.165, 1.54) is 10.5 Å². The van der Waals surface area contributed by atoms with Crippen LogP contribution >= 0.6 is 11.6 Å². The quantitative estimate of drug-likeness (QED) is 0.551. The number of nitrogens with zero attached hydrogens (tertiary/aromatic N) is 2. The molecule has 0 aliphatic carbocycles. The monoisotopic (exact) mass is 349 g/mol. The van der Waals surface area contributed by atoms with E-state index in [1.54, 1.807) is 14.1 Å². The lowest BCUT2D eigenvalue weighted by molar-refractivity contribution is -0.127. The molecule has 0 radical (unpaired) electrons. The Hall–Kier alpha value is -2.21. The van der Waals surface area contributed by atoms with Crippen LogP contribution < -0.4 is 10.6 Å². The summed E-state index contributed by atoms with van der Waals surface area (Å²) >= 11 is 6.08. The smallest absolute Gasteiger partial charge is 0.243 e. The Morgan fingerprint density at radius 3 is 2.83 bits per heavy atom. The maximum atomic E-state index is 11.6. The van der Waals surface area contributed by atoms with Gasteiger partial charge in [0.25, 0.3) is 0 Å². The van der Waals surface area contributed by atoms with Crippen LogP contribution in [0.5, 0.6) is 0 Å². The van der Waals surface area contributed by atoms with Crippen LogP contribution in [0.15, 0.2) is 29.4 Å². The summed E-state index contributed by atoms with van der Waals surface area (Å²) in [6.07, 6.45) is 2.83. The van der Waals surface area contributed by atoms with E-state index in [0.717, 1.165) is 28.9 Å². The number of aromatic amines is 1. The molecule has 24 heavy (non-hydrogen) atoms. The maximum absolute atomic E-state index is 11.6. The van der Waals surface area contributed by atoms with Gasteiger partial charge in [0.15, 0.2) is 5.96 Å². The summed E-state index contributed by atoms with van der Waals surface area (Å²) in [5, 5.41) is 8.26. The van der Waals surface area contributed by atoms with Gasteiger partial charge in [0.1, 0.15) is 6.54 Å². The number of carbonyl (C=O) groups excluding carboxylic acids is 1. The summed E-state index contributed by atoms with van der Waals surface area (Å²) in [6, 6.07) is 5.82. The van der Waals surface area contributed by atoms with Gasteiger partial charge in [0.2, 0.25) is 5.91 Å². The van der Waals surface area contributed by atoms with Gasteiger partial charge in [-0.2, -0.15) is 0 Å². The number of rotatable bonds is 6. The lowest BCUT2D eigenvalue weighted by atomic mass is 10.1. The number of carbonyl (C=O) groups is 1. The van der Waals surface area contributed by atoms with E-state index in [1.807, 2.05) is 31.3 Å². The second-order valence-corrected chi connectivity index (χ2v) is 6.10. The zero-order valence-electron chi connectivity index (χ0n) is 14.3. The summed E-state index contributed by atoms with van der Waals surface area (Å²) in [4.78, 5) is 20.7. The van der Waals surface area contributed by atoms with Crippen molar-refractivity contribution in [3.05, 3.63) is 35.0 Å². The van der Waals surface area contributed by atoms with Gasteiger partial charge in [0.05, 0.1) is 0 Å². The van der Waals surface area contributed by atoms with Crippen LogP contribution in [-0.2, 0) is 11.2 Å². The first kappa shape index (κ1) is 18.1. The van der Waals surface area contributed by atoms with Crippen molar-refractivity contribution in [1.29, 1.82) is 0 Å². The number of hydrogen-bond acceptors (Lipinski definition) is 2. The molecule has 1 aromatic carbocycles. The molecule has 7 heteroatoms. The zero-order valence-corrected chi connectivity index (χ0v) is 15.1. The minimum Gasteiger partial charge on any atom is -0.361 e. The van der Waals surface area contributed by atoms with E-state index in [0.29, 0.717) is 12.5 Å². The fourth-order valence-electron chi connectivity index (χ4n) is 2.30. The summed E-state index contributed by atoms with van der Waals surface area (Å²) in [5.74, 6) is 0.615. The molecule has 2 rings (SSSR count). The van der Waals surface area contributed by atoms with Crippen molar-refractivity contribution in [3.8, 4) is 0 Å². The molecule has 1 aromatic heterocycles. The van der Waals surface area contributed by atoms with Crippen LogP contribution in [0.3, 0.4) is 0 Å². The second kappa shape index (κ2) is 8.59. The number of aliphatic imine (C=N–C) groups is 1. The van der Waals surface area contributed by atoms with Gasteiger partial charge in [0, 0.05) is 49.3 Å². The molecule has 0 atom stereocenters. The SMILES string of the molecule is CCNC(=NCC(=O)N(C)C)NCCc1c[nH]c2ccc(Cl)cc12. The number of H-pyrrole nitrogens is 1. The van der Waals surface area contributed by atoms with Crippen LogP contribution in [-0.4, -0.2) is 55.5 Å². The molecule has 0 bridgehead atoms. The molecular weight excluding hydrogens is 326 g/mol. The van der Waals surface area contributed by atoms with Crippen LogP contribution in [0.1, 0.15) is 12.5 Å². The largest absolute Gasteiger partial charge is 0.361 e. The Morgan fingerprint density at radius 2 is 2.12 bits per heavy atom. The lowest BCUT2D eigenvalue weighted by Crippen LogP contribution is -2.39. The van der Waals surface area contributed by atoms with E-state index in [4.69, 9.17) is 11.6 Å². The van der Waals surface area contributed by atoms with E-state index >= 15 is 0 Å². The van der Waals surface area contributed by atoms with E-state index in [-0.39, 0.29) is 12.5 Å². The van der Waals surface area contributed by atoms with Crippen LogP contribution in [0.25, 0.3) is 10.9 Å². The number of nitrogens with one attached hydrogen (secondary N) is 3. The molecule has 1 heterocycles. The first-order valence-corrected chi connectivity index (χ1v) is 8.37. The highest BCUT2D eigenvalue weighted by molar-refractivity contribution is 6.31. The Kier molecular flexibility index (Phi) is 6.49. The number of likely N-dealkylation sites (N-methyl/N-ethyl adjacent to an activating group) is 1. The fourth-order valence-corrected chi connectivity index (χ4v) is 2.47. The van der Waals surface area contributed by atoms with Gasteiger partial charge in [-0.25, -0.2) is 4.99 Å². The van der Waals surface area contributed by atoms with E-state index in [9.17, 15) is 4.79 Å². The van der Waals surface area contributed by atoms with Crippen molar-refractivity contribution in [2.24, 2.45) is 4.99 Å². The fraction of sp³-hybridized carbons (Fsp3) is 0.412. The second-order valence-electron chi connectivity index (χ2n) is 5.66. The summed E-state index contributed by atoms with van der Waals surface area (Å²) < 4.78 is 0. The van der Waals surface area contributed by atoms with Crippen LogP contribution in [0.2, 0.25) is 5.02 Å². The van der Waals surface area contributed by atoms with Crippen molar-refractivity contribution >= 4 is 34.4 Å². The van der Waals surface area contributed by atoms with Gasteiger partial charge in [-0.05, 0) is 37.1 Å². The van der Waals surface area contributed by atoms with Gasteiger partial charge in [-0.15, -0.1) is 0 Å². The average Bonchev–Trinajstić information content (AvgIpc) is 2.94. The molecule has 0 saturated heterocycles. The number of benzene rings is 1. The molecule has 0 fully saturated rings. The number of guanidine groups is 1. The zero-order chi connectivity index (χ0) is 17.5. The predicted molar refractivity (Wildman–Crippen MR) is 99.7 cm³/mol. The van der Waals surface area contributed by atoms with Crippen molar-refractivity contribution in [2.75, 3.05) is 33.7 Å². The third-order valence-corrected chi connectivity index (χ3v) is 3.87. The summed E-state index contributed by atoms with van der Waals surface area (Å²) in [6.45, 7) is 3.57. The Morgan fingerprint density at radius 1 is 1.33 bits per heavy atom. The Bertz CT molecular complexity index is 723. The number of halogens is 1. The topological polar surface area (TPSA) is 72.5 Å². The number of fused-ring (bicyclic) bond motifs is 1. The Balaban J connectivity index is 1.95. The van der Waals surface area contributed by atoms with E-state index < -0.39 is 0 Å². The number of amides is 1. The minimum atomic E-state index is -0.0292. The molecule has 0 spiro atoms. The van der Waals surface area contributed by atoms with Gasteiger partial charge >= 0.3 is 0 Å². The van der Waals surface area contributed by atoms with Crippen LogP contribution in [0, 0.1) is 0 Å². The Labute approximate surface area is 147 Å². The van der Waals surface area contributed by atoms with Gasteiger partial charge in [-0.1, -0.05) is 11.6 Å². The molecule has 0 aliphatic heterocycles. The number of aromatic nitrogens is 1. The van der Waals surface area contributed by atoms with E-state index in [2.05, 4.69) is 20.6 Å². The van der Waals surface area contributed by atoms with Gasteiger partial charge in [-0.3, -0.25) is 4.79 Å². The predicted octanol–water partition coefficient (Wildman–Crippen LogP) is 2.01. The summed E-state index contributed by atoms with van der Waals surface area (Å²) in [5.41, 5.74) is 2.27. The summed E-state index contributed by atoms with van der Waals surface area (Å²) in [7, 11) is 3.45. The normalized spacial score (nSPS) is 11.6. The standard InChI is InChI=1S/C17H24ClN5O/c1-4-19-17(22-11-16(24)23(2)3)20-8-7-12-10-21-15-6-5-13(18)9-14(12)15/h5-6,9-10,21H,4,7-8,11H2,1-3H3,(H2,19,20,22). The molecule has 0 saturated carbocycles. The molecule has 1 amide bonds. The third kappa shape index (κ3) is 4.89. The molecule has 2 aromatic rings. The average molecular weight is 350 g/mol. The van der Waals surface area contributed by atoms with Crippen LogP contribution in [0.4, 0.5) is 0 Å². The molecule has 3 N–H and O–H groups in total. The highest BCUT2D eigenvalue weighted by Crippen LogP contribution is 2.22. The van der Waals surface area contributed by atoms with Crippen molar-refractivity contribution < 1.29 is 4.79 Å². The molecule has 130 valence electrons. The highest BCUT2D eigenvalue weighted by atomic mass is 35.5. The van der Waals surface area contributed by atoms with Gasteiger partial charge < -0.3 is 20.5 Å². The van der Waals surface area contributed by atoms with Crippen molar-refractivity contribution in [1.82, 2.24) is 20.5 Å². The van der Waals surface area contributed by atoms with Crippen molar-refractivity contribution in [2.45, 2.75) is 13.3 Å².